The van der Waals surface area contributed by atoms with Crippen molar-refractivity contribution in [1.82, 2.24) is 4.90 Å². The molecular weight excluding hydrogens is 448 g/mol. The summed E-state index contributed by atoms with van der Waals surface area (Å²) in [6.45, 7) is 3.52. The Kier molecular flexibility index (Phi) is 5.36. The first-order valence-electron chi connectivity index (χ1n) is 11.2. The van der Waals surface area contributed by atoms with Crippen molar-refractivity contribution in [3.8, 4) is 11.5 Å². The fourth-order valence-corrected chi connectivity index (χ4v) is 4.66. The summed E-state index contributed by atoms with van der Waals surface area (Å²) in [4.78, 5) is 54.4. The van der Waals surface area contributed by atoms with Crippen LogP contribution < -0.4 is 4.90 Å². The van der Waals surface area contributed by atoms with Crippen molar-refractivity contribution in [3.63, 3.8) is 0 Å². The first-order chi connectivity index (χ1) is 16.8. The third-order valence-corrected chi connectivity index (χ3v) is 6.56. The Hall–Kier alpha value is -4.46. The average molecular weight is 470 g/mol. The second-order valence-corrected chi connectivity index (χ2v) is 8.66. The maximum atomic E-state index is 13.2. The number of carbonyl (C=O) groups is 4. The molecule has 0 radical (unpaired) electrons. The standard InChI is InChI=1S/C27H22N2O6/c1-15(30)16-5-7-18(8-6-16)28-9-11-29(12-10-28)27(35)17-13-20-24(22(32)14-17)26(34)23-19(25(20)33)3-2-4-21(23)31/h2-8,13-14,31-32H,9-12H2,1H3. The van der Waals surface area contributed by atoms with Crippen LogP contribution in [-0.2, 0) is 0 Å². The van der Waals surface area contributed by atoms with Crippen LogP contribution in [0.15, 0.2) is 54.6 Å². The van der Waals surface area contributed by atoms with Gasteiger partial charge >= 0.3 is 0 Å². The van der Waals surface area contributed by atoms with Crippen LogP contribution >= 0.6 is 0 Å². The van der Waals surface area contributed by atoms with E-state index in [9.17, 15) is 29.4 Å². The van der Waals surface area contributed by atoms with E-state index in [0.717, 1.165) is 5.69 Å². The Morgan fingerprint density at radius 2 is 1.40 bits per heavy atom. The zero-order valence-electron chi connectivity index (χ0n) is 18.9. The molecular formula is C27H22N2O6. The SMILES string of the molecule is CC(=O)c1ccc(N2CCN(C(=O)c3cc(O)c4c(c3)C(=O)c3cccc(O)c3C4=O)CC2)cc1. The van der Waals surface area contributed by atoms with Gasteiger partial charge in [0.1, 0.15) is 11.5 Å². The molecule has 8 nitrogen and oxygen atoms in total. The molecule has 0 saturated carbocycles. The van der Waals surface area contributed by atoms with E-state index in [4.69, 9.17) is 0 Å². The maximum Gasteiger partial charge on any atom is 0.254 e. The topological polar surface area (TPSA) is 115 Å². The molecule has 0 atom stereocenters. The Bertz CT molecular complexity index is 1400. The first kappa shape index (κ1) is 22.3. The molecule has 0 bridgehead atoms. The number of rotatable bonds is 3. The van der Waals surface area contributed by atoms with Gasteiger partial charge in [-0.25, -0.2) is 0 Å². The van der Waals surface area contributed by atoms with Crippen LogP contribution in [0.4, 0.5) is 5.69 Å². The first-order valence-corrected chi connectivity index (χ1v) is 11.2. The van der Waals surface area contributed by atoms with Gasteiger partial charge in [-0.05, 0) is 49.4 Å². The normalized spacial score (nSPS) is 15.0. The minimum Gasteiger partial charge on any atom is -0.507 e. The van der Waals surface area contributed by atoms with E-state index in [2.05, 4.69) is 4.90 Å². The molecule has 0 spiro atoms. The summed E-state index contributed by atoms with van der Waals surface area (Å²) in [6.07, 6.45) is 0. The quantitative estimate of drug-likeness (QED) is 0.442. The maximum absolute atomic E-state index is 13.2. The summed E-state index contributed by atoms with van der Waals surface area (Å²) < 4.78 is 0. The number of piperazine rings is 1. The fourth-order valence-electron chi connectivity index (χ4n) is 4.66. The van der Waals surface area contributed by atoms with Gasteiger partial charge in [-0.3, -0.25) is 19.2 Å². The van der Waals surface area contributed by atoms with E-state index in [0.29, 0.717) is 31.7 Å². The van der Waals surface area contributed by atoms with Crippen LogP contribution in [0, 0.1) is 0 Å². The number of phenolic OH excluding ortho intramolecular Hbond substituents is 2. The van der Waals surface area contributed by atoms with Crippen molar-refractivity contribution in [3.05, 3.63) is 88.0 Å². The van der Waals surface area contributed by atoms with Gasteiger partial charge in [0.25, 0.3) is 5.91 Å². The van der Waals surface area contributed by atoms with Gasteiger partial charge in [-0.15, -0.1) is 0 Å². The highest BCUT2D eigenvalue weighted by Crippen LogP contribution is 2.37. The van der Waals surface area contributed by atoms with Gasteiger partial charge in [0, 0.05) is 54.1 Å². The fraction of sp³-hybridized carbons (Fsp3) is 0.185. The molecule has 3 aromatic rings. The van der Waals surface area contributed by atoms with Crippen LogP contribution in [0.5, 0.6) is 11.5 Å². The van der Waals surface area contributed by atoms with Gasteiger partial charge in [-0.1, -0.05) is 12.1 Å². The third kappa shape index (κ3) is 3.73. The number of benzene rings is 3. The Morgan fingerprint density at radius 1 is 0.743 bits per heavy atom. The zero-order valence-corrected chi connectivity index (χ0v) is 18.9. The smallest absolute Gasteiger partial charge is 0.254 e. The van der Waals surface area contributed by atoms with Crippen molar-refractivity contribution in [1.29, 1.82) is 0 Å². The highest BCUT2D eigenvalue weighted by molar-refractivity contribution is 6.30. The minimum atomic E-state index is -0.659. The number of anilines is 1. The molecule has 0 unspecified atom stereocenters. The molecule has 1 amide bonds. The Labute approximate surface area is 201 Å². The van der Waals surface area contributed by atoms with Gasteiger partial charge in [-0.2, -0.15) is 0 Å². The van der Waals surface area contributed by atoms with Crippen molar-refractivity contribution in [2.75, 3.05) is 31.1 Å². The molecule has 0 aromatic heterocycles. The molecule has 1 saturated heterocycles. The third-order valence-electron chi connectivity index (χ3n) is 6.56. The second-order valence-electron chi connectivity index (χ2n) is 8.66. The van der Waals surface area contributed by atoms with E-state index in [1.54, 1.807) is 17.0 Å². The van der Waals surface area contributed by atoms with Crippen LogP contribution in [0.25, 0.3) is 0 Å². The lowest BCUT2D eigenvalue weighted by atomic mass is 9.82. The van der Waals surface area contributed by atoms with E-state index in [1.165, 1.54) is 37.3 Å². The monoisotopic (exact) mass is 470 g/mol. The Balaban J connectivity index is 1.36. The number of phenols is 2. The lowest BCUT2D eigenvalue weighted by Gasteiger charge is -2.36. The number of hydrogen-bond donors (Lipinski definition) is 2. The number of amides is 1. The summed E-state index contributed by atoms with van der Waals surface area (Å²) in [5.74, 6) is -2.34. The average Bonchev–Trinajstić information content (AvgIpc) is 2.86. The van der Waals surface area contributed by atoms with Crippen molar-refractivity contribution >= 4 is 28.9 Å². The summed E-state index contributed by atoms with van der Waals surface area (Å²) in [7, 11) is 0. The van der Waals surface area contributed by atoms with Crippen molar-refractivity contribution < 1.29 is 29.4 Å². The minimum absolute atomic E-state index is 0.000684. The molecule has 1 fully saturated rings. The van der Waals surface area contributed by atoms with Crippen LogP contribution in [0.3, 0.4) is 0 Å². The number of nitrogens with zero attached hydrogens (tertiary/aromatic N) is 2. The summed E-state index contributed by atoms with van der Waals surface area (Å²) in [5.41, 5.74) is 1.34. The molecule has 1 heterocycles. The predicted octanol–water partition coefficient (Wildman–Crippen LogP) is 3.04. The molecule has 35 heavy (non-hydrogen) atoms. The highest BCUT2D eigenvalue weighted by Gasteiger charge is 2.35. The Morgan fingerprint density at radius 3 is 2.06 bits per heavy atom. The van der Waals surface area contributed by atoms with E-state index in [1.807, 2.05) is 12.1 Å². The zero-order chi connectivity index (χ0) is 24.9. The molecule has 1 aliphatic heterocycles. The molecule has 8 heteroatoms. The molecule has 176 valence electrons. The van der Waals surface area contributed by atoms with Crippen LogP contribution in [0.2, 0.25) is 0 Å². The van der Waals surface area contributed by atoms with Gasteiger partial charge in [0.15, 0.2) is 11.6 Å². The van der Waals surface area contributed by atoms with Crippen molar-refractivity contribution in [2.24, 2.45) is 0 Å². The van der Waals surface area contributed by atoms with E-state index < -0.39 is 17.3 Å². The molecule has 3 aromatic carbocycles. The van der Waals surface area contributed by atoms with Crippen LogP contribution in [0.1, 0.15) is 59.5 Å². The molecule has 1 aliphatic carbocycles. The molecule has 2 N–H and O–H groups in total. The second kappa shape index (κ2) is 8.39. The van der Waals surface area contributed by atoms with E-state index in [-0.39, 0.29) is 45.3 Å². The lowest BCUT2D eigenvalue weighted by Crippen LogP contribution is -2.48. The number of aromatic hydroxyl groups is 2. The van der Waals surface area contributed by atoms with Gasteiger partial charge in [0.05, 0.1) is 11.1 Å². The summed E-state index contributed by atoms with van der Waals surface area (Å²) in [6, 6.07) is 14.1. The van der Waals surface area contributed by atoms with Gasteiger partial charge in [0.2, 0.25) is 5.78 Å². The number of carbonyl (C=O) groups excluding carboxylic acids is 4. The highest BCUT2D eigenvalue weighted by atomic mass is 16.3. The number of Topliss-reactive ketones (excluding diaryl/α,β-unsaturated/α-hetero) is 1. The molecule has 5 rings (SSSR count). The van der Waals surface area contributed by atoms with Crippen LogP contribution in [-0.4, -0.2) is 64.5 Å². The van der Waals surface area contributed by atoms with Crippen molar-refractivity contribution in [2.45, 2.75) is 6.92 Å². The summed E-state index contributed by atoms with van der Waals surface area (Å²) >= 11 is 0. The number of ketones is 3. The predicted molar refractivity (Wildman–Crippen MR) is 128 cm³/mol. The largest absolute Gasteiger partial charge is 0.507 e. The van der Waals surface area contributed by atoms with E-state index >= 15 is 0 Å². The summed E-state index contributed by atoms with van der Waals surface area (Å²) in [5, 5.41) is 20.7. The lowest BCUT2D eigenvalue weighted by molar-refractivity contribution is 0.0745. The molecule has 2 aliphatic rings. The number of fused-ring (bicyclic) bond motifs is 2. The number of hydrogen-bond acceptors (Lipinski definition) is 7. The van der Waals surface area contributed by atoms with Gasteiger partial charge < -0.3 is 20.0 Å².